The zero-order chi connectivity index (χ0) is 18.5. The van der Waals surface area contributed by atoms with Gasteiger partial charge < -0.3 is 5.32 Å². The Morgan fingerprint density at radius 1 is 1.27 bits per heavy atom. The van der Waals surface area contributed by atoms with E-state index in [-0.39, 0.29) is 11.5 Å². The molecule has 26 heavy (non-hydrogen) atoms. The molecule has 0 unspecified atom stereocenters. The van der Waals surface area contributed by atoms with Gasteiger partial charge in [0.25, 0.3) is 5.56 Å². The van der Waals surface area contributed by atoms with Crippen LogP contribution in [0.25, 0.3) is 10.2 Å². The van der Waals surface area contributed by atoms with E-state index in [2.05, 4.69) is 12.2 Å². The van der Waals surface area contributed by atoms with Gasteiger partial charge in [-0.25, -0.2) is 4.98 Å². The predicted octanol–water partition coefficient (Wildman–Crippen LogP) is 3.76. The summed E-state index contributed by atoms with van der Waals surface area (Å²) in [6, 6.07) is 0. The van der Waals surface area contributed by atoms with Crippen molar-refractivity contribution in [3.63, 3.8) is 0 Å². The maximum Gasteiger partial charge on any atom is 0.263 e. The number of thioether (sulfide) groups is 1. The number of aryl methyl sites for hydroxylation is 2. The van der Waals surface area contributed by atoms with Crippen molar-refractivity contribution >= 4 is 39.2 Å². The van der Waals surface area contributed by atoms with E-state index in [4.69, 9.17) is 4.98 Å². The van der Waals surface area contributed by atoms with Crippen LogP contribution in [0.2, 0.25) is 0 Å². The molecule has 0 radical (unpaired) electrons. The van der Waals surface area contributed by atoms with Crippen molar-refractivity contribution in [1.29, 1.82) is 0 Å². The van der Waals surface area contributed by atoms with Gasteiger partial charge in [0, 0.05) is 18.0 Å². The van der Waals surface area contributed by atoms with Crippen LogP contribution in [0.5, 0.6) is 0 Å². The normalized spacial score (nSPS) is 13.8. The topological polar surface area (TPSA) is 64.0 Å². The summed E-state index contributed by atoms with van der Waals surface area (Å²) in [6.07, 6.45) is 7.68. The third-order valence-corrected chi connectivity index (χ3v) is 6.95. The molecule has 0 saturated heterocycles. The number of carbonyl (C=O) groups is 1. The van der Waals surface area contributed by atoms with E-state index >= 15 is 0 Å². The summed E-state index contributed by atoms with van der Waals surface area (Å²) in [7, 11) is 0. The van der Waals surface area contributed by atoms with Gasteiger partial charge in [0.05, 0.1) is 11.1 Å². The maximum atomic E-state index is 13.0. The second-order valence-corrected chi connectivity index (χ2v) is 8.71. The molecule has 1 aliphatic carbocycles. The van der Waals surface area contributed by atoms with Crippen molar-refractivity contribution in [2.75, 3.05) is 12.3 Å². The van der Waals surface area contributed by atoms with Gasteiger partial charge in [-0.15, -0.1) is 11.3 Å². The van der Waals surface area contributed by atoms with Crippen LogP contribution in [0, 0.1) is 0 Å². The fourth-order valence-corrected chi connectivity index (χ4v) is 5.59. The number of unbranched alkanes of at least 4 members (excludes halogenated alkanes) is 2. The molecular formula is C19H27N3O2S2. The number of aromatic nitrogens is 2. The lowest BCUT2D eigenvalue weighted by Crippen LogP contribution is -2.27. The van der Waals surface area contributed by atoms with Crippen LogP contribution >= 0.6 is 23.1 Å². The fourth-order valence-electron chi connectivity index (χ4n) is 3.39. The second-order valence-electron chi connectivity index (χ2n) is 6.68. The molecule has 1 aliphatic rings. The van der Waals surface area contributed by atoms with E-state index in [0.717, 1.165) is 55.3 Å². The van der Waals surface area contributed by atoms with Crippen LogP contribution < -0.4 is 10.9 Å². The van der Waals surface area contributed by atoms with Gasteiger partial charge in [-0.3, -0.25) is 14.2 Å². The molecule has 0 fully saturated rings. The van der Waals surface area contributed by atoms with Gasteiger partial charge in [-0.2, -0.15) is 0 Å². The lowest BCUT2D eigenvalue weighted by Gasteiger charge is -2.12. The number of rotatable bonds is 8. The minimum absolute atomic E-state index is 0.00794. The third-order valence-electron chi connectivity index (χ3n) is 4.79. The molecule has 0 saturated carbocycles. The molecule has 1 N–H and O–H groups in total. The number of amides is 1. The highest BCUT2D eigenvalue weighted by molar-refractivity contribution is 7.99. The van der Waals surface area contributed by atoms with E-state index in [1.165, 1.54) is 28.6 Å². The molecule has 0 bridgehead atoms. The van der Waals surface area contributed by atoms with Crippen molar-refractivity contribution in [3.05, 3.63) is 20.8 Å². The highest BCUT2D eigenvalue weighted by Crippen LogP contribution is 2.34. The lowest BCUT2D eigenvalue weighted by atomic mass is 9.97. The second kappa shape index (κ2) is 9.04. The number of hydrogen-bond donors (Lipinski definition) is 1. The summed E-state index contributed by atoms with van der Waals surface area (Å²) in [4.78, 5) is 32.0. The Hall–Kier alpha value is -1.34. The first kappa shape index (κ1) is 19.4. The fraction of sp³-hybridized carbons (Fsp3) is 0.632. The first-order chi connectivity index (χ1) is 12.7. The molecule has 7 heteroatoms. The van der Waals surface area contributed by atoms with Crippen molar-refractivity contribution in [1.82, 2.24) is 14.9 Å². The predicted molar refractivity (Wildman–Crippen MR) is 109 cm³/mol. The Morgan fingerprint density at radius 2 is 2.08 bits per heavy atom. The summed E-state index contributed by atoms with van der Waals surface area (Å²) in [6.45, 7) is 5.40. The Kier molecular flexibility index (Phi) is 6.75. The quantitative estimate of drug-likeness (QED) is 0.421. The zero-order valence-electron chi connectivity index (χ0n) is 15.6. The van der Waals surface area contributed by atoms with Crippen LogP contribution in [0.1, 0.15) is 56.4 Å². The van der Waals surface area contributed by atoms with Gasteiger partial charge >= 0.3 is 0 Å². The minimum atomic E-state index is 0.00794. The minimum Gasteiger partial charge on any atom is -0.355 e. The van der Waals surface area contributed by atoms with Crippen LogP contribution in [-0.2, 0) is 24.2 Å². The number of fused-ring (bicyclic) bond motifs is 3. The average Bonchev–Trinajstić information content (AvgIpc) is 3.02. The molecule has 2 heterocycles. The Bertz CT molecular complexity index is 841. The smallest absolute Gasteiger partial charge is 0.263 e. The number of hydrogen-bond acceptors (Lipinski definition) is 5. The molecule has 0 atom stereocenters. The number of thiophene rings is 1. The first-order valence-corrected chi connectivity index (χ1v) is 11.4. The molecule has 5 nitrogen and oxygen atoms in total. The van der Waals surface area contributed by atoms with Crippen molar-refractivity contribution < 1.29 is 4.79 Å². The standard InChI is InChI=1S/C19H27N3O2S2/c1-3-5-8-11-20-15(23)12-25-19-21-17-16(18(24)22(19)4-2)13-9-6-7-10-14(13)26-17/h3-12H2,1-2H3,(H,20,23). The van der Waals surface area contributed by atoms with E-state index in [1.807, 2.05) is 6.92 Å². The number of nitrogens with zero attached hydrogens (tertiary/aromatic N) is 2. The summed E-state index contributed by atoms with van der Waals surface area (Å²) >= 11 is 3.03. The van der Waals surface area contributed by atoms with E-state index in [0.29, 0.717) is 17.5 Å². The summed E-state index contributed by atoms with van der Waals surface area (Å²) in [5.41, 5.74) is 1.28. The Labute approximate surface area is 162 Å². The molecule has 142 valence electrons. The van der Waals surface area contributed by atoms with Gasteiger partial charge in [0.1, 0.15) is 4.83 Å². The van der Waals surface area contributed by atoms with Gasteiger partial charge in [-0.05, 0) is 44.6 Å². The average molecular weight is 394 g/mol. The van der Waals surface area contributed by atoms with Crippen LogP contribution in [0.3, 0.4) is 0 Å². The third kappa shape index (κ3) is 4.14. The molecule has 2 aromatic heterocycles. The van der Waals surface area contributed by atoms with E-state index in [9.17, 15) is 9.59 Å². The van der Waals surface area contributed by atoms with Crippen molar-refractivity contribution in [2.24, 2.45) is 0 Å². The Morgan fingerprint density at radius 3 is 2.85 bits per heavy atom. The van der Waals surface area contributed by atoms with Crippen LogP contribution in [0.4, 0.5) is 0 Å². The highest BCUT2D eigenvalue weighted by Gasteiger charge is 2.22. The van der Waals surface area contributed by atoms with Crippen molar-refractivity contribution in [2.45, 2.75) is 70.5 Å². The van der Waals surface area contributed by atoms with Gasteiger partial charge in [0.15, 0.2) is 5.16 Å². The number of nitrogens with one attached hydrogen (secondary N) is 1. The van der Waals surface area contributed by atoms with Gasteiger partial charge in [0.2, 0.25) is 5.91 Å². The zero-order valence-corrected chi connectivity index (χ0v) is 17.2. The summed E-state index contributed by atoms with van der Waals surface area (Å²) in [5, 5.41) is 4.42. The molecule has 1 amide bonds. The molecule has 3 rings (SSSR count). The molecule has 0 aliphatic heterocycles. The van der Waals surface area contributed by atoms with Crippen molar-refractivity contribution in [3.8, 4) is 0 Å². The number of carbonyl (C=O) groups excluding carboxylic acids is 1. The largest absolute Gasteiger partial charge is 0.355 e. The van der Waals surface area contributed by atoms with Crippen LogP contribution in [0.15, 0.2) is 9.95 Å². The van der Waals surface area contributed by atoms with E-state index in [1.54, 1.807) is 15.9 Å². The van der Waals surface area contributed by atoms with E-state index < -0.39 is 0 Å². The first-order valence-electron chi connectivity index (χ1n) is 9.60. The molecule has 0 spiro atoms. The van der Waals surface area contributed by atoms with Crippen LogP contribution in [-0.4, -0.2) is 27.8 Å². The Balaban J connectivity index is 1.78. The SMILES string of the molecule is CCCCCNC(=O)CSc1nc2sc3c(c2c(=O)n1CC)CCCC3. The molecule has 2 aromatic rings. The lowest BCUT2D eigenvalue weighted by molar-refractivity contribution is -0.118. The summed E-state index contributed by atoms with van der Waals surface area (Å²) < 4.78 is 1.72. The molecular weight excluding hydrogens is 366 g/mol. The van der Waals surface area contributed by atoms with Gasteiger partial charge in [-0.1, -0.05) is 31.5 Å². The highest BCUT2D eigenvalue weighted by atomic mass is 32.2. The monoisotopic (exact) mass is 393 g/mol. The summed E-state index contributed by atoms with van der Waals surface area (Å²) in [5.74, 6) is 0.309. The molecule has 0 aromatic carbocycles. The maximum absolute atomic E-state index is 13.0.